The van der Waals surface area contributed by atoms with E-state index in [0.29, 0.717) is 18.7 Å². The summed E-state index contributed by atoms with van der Waals surface area (Å²) in [6.07, 6.45) is 2.12. The molecule has 1 atom stereocenters. The van der Waals surface area contributed by atoms with Crippen molar-refractivity contribution >= 4 is 23.5 Å². The highest BCUT2D eigenvalue weighted by Crippen LogP contribution is 2.24. The van der Waals surface area contributed by atoms with E-state index >= 15 is 0 Å². The average molecular weight is 366 g/mol. The van der Waals surface area contributed by atoms with Crippen LogP contribution in [0.4, 0.5) is 5.69 Å². The third-order valence-electron chi connectivity index (χ3n) is 4.71. The molecule has 1 heterocycles. The molecule has 140 valence electrons. The number of aromatic carboxylic acids is 1. The molecule has 1 aliphatic rings. The van der Waals surface area contributed by atoms with Crippen molar-refractivity contribution in [3.8, 4) is 0 Å². The van der Waals surface area contributed by atoms with E-state index in [-0.39, 0.29) is 29.0 Å². The molecule has 0 aliphatic carbocycles. The summed E-state index contributed by atoms with van der Waals surface area (Å²) >= 11 is 0. The van der Waals surface area contributed by atoms with Crippen molar-refractivity contribution in [2.75, 3.05) is 11.4 Å². The molecule has 3 rings (SSSR count). The largest absolute Gasteiger partial charge is 0.478 e. The molecule has 0 bridgehead atoms. The zero-order chi connectivity index (χ0) is 19.4. The highest BCUT2D eigenvalue weighted by Gasteiger charge is 2.23. The van der Waals surface area contributed by atoms with Gasteiger partial charge >= 0.3 is 5.97 Å². The van der Waals surface area contributed by atoms with E-state index in [1.54, 1.807) is 11.0 Å². The third kappa shape index (κ3) is 4.34. The fourth-order valence-corrected chi connectivity index (χ4v) is 3.21. The molecule has 1 fully saturated rings. The number of carbonyl (C=O) groups excluding carboxylic acids is 2. The van der Waals surface area contributed by atoms with Gasteiger partial charge in [-0.2, -0.15) is 0 Å². The second-order valence-corrected chi connectivity index (χ2v) is 6.68. The summed E-state index contributed by atoms with van der Waals surface area (Å²) in [6.45, 7) is 2.40. The number of hydrogen-bond donors (Lipinski definition) is 2. The Morgan fingerprint density at radius 3 is 2.44 bits per heavy atom. The van der Waals surface area contributed by atoms with Crippen molar-refractivity contribution in [3.05, 3.63) is 65.2 Å². The number of carboxylic acids is 1. The summed E-state index contributed by atoms with van der Waals surface area (Å²) in [5, 5.41) is 12.3. The van der Waals surface area contributed by atoms with Gasteiger partial charge in [-0.1, -0.05) is 30.3 Å². The molecule has 0 saturated carbocycles. The molecular formula is C21H22N2O4. The minimum Gasteiger partial charge on any atom is -0.478 e. The van der Waals surface area contributed by atoms with Crippen molar-refractivity contribution in [1.82, 2.24) is 5.32 Å². The van der Waals surface area contributed by atoms with Gasteiger partial charge in [-0.15, -0.1) is 0 Å². The lowest BCUT2D eigenvalue weighted by Gasteiger charge is -2.27. The molecule has 27 heavy (non-hydrogen) atoms. The van der Waals surface area contributed by atoms with Crippen molar-refractivity contribution in [2.24, 2.45) is 0 Å². The van der Waals surface area contributed by atoms with Gasteiger partial charge in [0.2, 0.25) is 5.91 Å². The summed E-state index contributed by atoms with van der Waals surface area (Å²) in [6, 6.07) is 13.7. The molecule has 2 N–H and O–H groups in total. The zero-order valence-corrected chi connectivity index (χ0v) is 15.1. The number of carboxylic acid groups (broad SMARTS) is 1. The van der Waals surface area contributed by atoms with Crippen LogP contribution >= 0.6 is 0 Å². The zero-order valence-electron chi connectivity index (χ0n) is 15.1. The predicted molar refractivity (Wildman–Crippen MR) is 102 cm³/mol. The number of carbonyl (C=O) groups is 3. The van der Waals surface area contributed by atoms with Crippen LogP contribution in [0.5, 0.6) is 0 Å². The Kier molecular flexibility index (Phi) is 5.54. The first-order chi connectivity index (χ1) is 13.0. The molecule has 1 saturated heterocycles. The van der Waals surface area contributed by atoms with E-state index in [1.165, 1.54) is 12.1 Å². The molecule has 0 aromatic heterocycles. The second kappa shape index (κ2) is 8.03. The first-order valence-corrected chi connectivity index (χ1v) is 9.00. The Labute approximate surface area is 157 Å². The first-order valence-electron chi connectivity index (χ1n) is 9.00. The number of nitrogens with zero attached hydrogens (tertiary/aromatic N) is 1. The van der Waals surface area contributed by atoms with E-state index in [1.807, 2.05) is 37.3 Å². The molecule has 6 heteroatoms. The molecule has 0 radical (unpaired) electrons. The number of rotatable bonds is 5. The first kappa shape index (κ1) is 18.6. The van der Waals surface area contributed by atoms with E-state index < -0.39 is 5.97 Å². The predicted octanol–water partition coefficient (Wildman–Crippen LogP) is 3.39. The van der Waals surface area contributed by atoms with Crippen LogP contribution in [0.3, 0.4) is 0 Å². The monoisotopic (exact) mass is 366 g/mol. The Bertz CT molecular complexity index is 864. The number of nitrogens with one attached hydrogen (secondary N) is 1. The lowest BCUT2D eigenvalue weighted by Crippen LogP contribution is -2.35. The molecular weight excluding hydrogens is 344 g/mol. The summed E-state index contributed by atoms with van der Waals surface area (Å²) in [5.74, 6) is -1.56. The van der Waals surface area contributed by atoms with Gasteiger partial charge in [0, 0.05) is 24.2 Å². The van der Waals surface area contributed by atoms with Gasteiger partial charge in [-0.3, -0.25) is 9.59 Å². The maximum Gasteiger partial charge on any atom is 0.335 e. The quantitative estimate of drug-likeness (QED) is 0.849. The SMILES string of the molecule is C[C@@H](NC(=O)c1cc(C(=O)O)cc(N2CCCCC2=O)c1)c1ccccc1. The Balaban J connectivity index is 1.88. The van der Waals surface area contributed by atoms with Gasteiger partial charge in [0.15, 0.2) is 0 Å². The number of benzene rings is 2. The van der Waals surface area contributed by atoms with Gasteiger partial charge in [-0.25, -0.2) is 4.79 Å². The van der Waals surface area contributed by atoms with Crippen LogP contribution < -0.4 is 10.2 Å². The molecule has 2 amide bonds. The van der Waals surface area contributed by atoms with E-state index in [9.17, 15) is 19.5 Å². The van der Waals surface area contributed by atoms with Crippen LogP contribution in [0.25, 0.3) is 0 Å². The normalized spacial score (nSPS) is 15.3. The Morgan fingerprint density at radius 2 is 1.78 bits per heavy atom. The summed E-state index contributed by atoms with van der Waals surface area (Å²) in [5.41, 5.74) is 1.62. The van der Waals surface area contributed by atoms with Crippen LogP contribution in [-0.2, 0) is 4.79 Å². The molecule has 6 nitrogen and oxygen atoms in total. The molecule has 1 aliphatic heterocycles. The van der Waals surface area contributed by atoms with Crippen LogP contribution in [0, 0.1) is 0 Å². The van der Waals surface area contributed by atoms with Gasteiger partial charge in [0.25, 0.3) is 5.91 Å². The van der Waals surface area contributed by atoms with Crippen LogP contribution in [0.2, 0.25) is 0 Å². The minimum atomic E-state index is -1.13. The molecule has 0 unspecified atom stereocenters. The van der Waals surface area contributed by atoms with Crippen molar-refractivity contribution in [1.29, 1.82) is 0 Å². The van der Waals surface area contributed by atoms with E-state index in [4.69, 9.17) is 0 Å². The van der Waals surface area contributed by atoms with Crippen molar-refractivity contribution in [3.63, 3.8) is 0 Å². The number of anilines is 1. The second-order valence-electron chi connectivity index (χ2n) is 6.68. The van der Waals surface area contributed by atoms with Crippen LogP contribution in [0.1, 0.15) is 58.5 Å². The fraction of sp³-hybridized carbons (Fsp3) is 0.286. The Morgan fingerprint density at radius 1 is 1.07 bits per heavy atom. The topological polar surface area (TPSA) is 86.7 Å². The highest BCUT2D eigenvalue weighted by molar-refractivity contribution is 6.01. The van der Waals surface area contributed by atoms with Crippen LogP contribution in [-0.4, -0.2) is 29.4 Å². The number of piperidine rings is 1. The summed E-state index contributed by atoms with van der Waals surface area (Å²) in [4.78, 5) is 38.0. The Hall–Kier alpha value is -3.15. The van der Waals surface area contributed by atoms with E-state index in [2.05, 4.69) is 5.32 Å². The third-order valence-corrected chi connectivity index (χ3v) is 4.71. The van der Waals surface area contributed by atoms with Gasteiger partial charge < -0.3 is 15.3 Å². The summed E-state index contributed by atoms with van der Waals surface area (Å²) in [7, 11) is 0. The van der Waals surface area contributed by atoms with Gasteiger partial charge in [0.05, 0.1) is 11.6 Å². The molecule has 2 aromatic rings. The highest BCUT2D eigenvalue weighted by atomic mass is 16.4. The van der Waals surface area contributed by atoms with Gasteiger partial charge in [0.1, 0.15) is 0 Å². The maximum absolute atomic E-state index is 12.7. The lowest BCUT2D eigenvalue weighted by molar-refractivity contribution is -0.119. The molecule has 2 aromatic carbocycles. The van der Waals surface area contributed by atoms with Crippen molar-refractivity contribution < 1.29 is 19.5 Å². The number of hydrogen-bond acceptors (Lipinski definition) is 3. The van der Waals surface area contributed by atoms with E-state index in [0.717, 1.165) is 18.4 Å². The van der Waals surface area contributed by atoms with Crippen LogP contribution in [0.15, 0.2) is 48.5 Å². The summed E-state index contributed by atoms with van der Waals surface area (Å²) < 4.78 is 0. The molecule has 0 spiro atoms. The fourth-order valence-electron chi connectivity index (χ4n) is 3.21. The standard InChI is InChI=1S/C21H22N2O4/c1-14(15-7-3-2-4-8-15)22-20(25)16-11-17(21(26)27)13-18(12-16)23-10-6-5-9-19(23)24/h2-4,7-8,11-14H,5-6,9-10H2,1H3,(H,22,25)(H,26,27)/t14-/m1/s1. The average Bonchev–Trinajstić information content (AvgIpc) is 2.68. The van der Waals surface area contributed by atoms with Crippen molar-refractivity contribution in [2.45, 2.75) is 32.2 Å². The maximum atomic E-state index is 12.7. The number of amides is 2. The lowest BCUT2D eigenvalue weighted by atomic mass is 10.0. The minimum absolute atomic E-state index is 0.0108. The smallest absolute Gasteiger partial charge is 0.335 e. The van der Waals surface area contributed by atoms with Gasteiger partial charge in [-0.05, 0) is 43.5 Å².